The highest BCUT2D eigenvalue weighted by Gasteiger charge is 2.33. The normalized spacial score (nSPS) is 36.3. The Morgan fingerprint density at radius 3 is 2.58 bits per heavy atom. The van der Waals surface area contributed by atoms with Gasteiger partial charge in [-0.3, -0.25) is 0 Å². The fourth-order valence-electron chi connectivity index (χ4n) is 4.41. The molecule has 3 nitrogen and oxygen atoms in total. The van der Waals surface area contributed by atoms with Gasteiger partial charge in [0, 0.05) is 18.1 Å². The molecule has 0 aromatic heterocycles. The monoisotopic (exact) mass is 265 g/mol. The summed E-state index contributed by atoms with van der Waals surface area (Å²) < 4.78 is 0. The SMILES string of the molecule is CC(NC1CCN2CCCC2C1)C1CCN(C)CC1. The van der Waals surface area contributed by atoms with Crippen LogP contribution in [0.2, 0.25) is 0 Å². The lowest BCUT2D eigenvalue weighted by atomic mass is 9.88. The van der Waals surface area contributed by atoms with Crippen molar-refractivity contribution in [1.82, 2.24) is 15.1 Å². The molecule has 0 radical (unpaired) electrons. The van der Waals surface area contributed by atoms with E-state index in [-0.39, 0.29) is 0 Å². The molecular formula is C16H31N3. The van der Waals surface area contributed by atoms with Crippen molar-refractivity contribution in [1.29, 1.82) is 0 Å². The molecule has 3 rings (SSSR count). The van der Waals surface area contributed by atoms with Gasteiger partial charge >= 0.3 is 0 Å². The van der Waals surface area contributed by atoms with E-state index in [0.717, 1.165) is 18.0 Å². The molecule has 0 saturated carbocycles. The molecule has 3 aliphatic rings. The Labute approximate surface area is 118 Å². The maximum atomic E-state index is 3.97. The van der Waals surface area contributed by atoms with Crippen LogP contribution >= 0.6 is 0 Å². The van der Waals surface area contributed by atoms with E-state index in [4.69, 9.17) is 0 Å². The molecule has 0 bridgehead atoms. The Morgan fingerprint density at radius 2 is 1.79 bits per heavy atom. The topological polar surface area (TPSA) is 18.5 Å². The Morgan fingerprint density at radius 1 is 1.00 bits per heavy atom. The van der Waals surface area contributed by atoms with E-state index >= 15 is 0 Å². The van der Waals surface area contributed by atoms with Gasteiger partial charge in [0.25, 0.3) is 0 Å². The molecule has 3 heteroatoms. The van der Waals surface area contributed by atoms with Crippen LogP contribution in [0.15, 0.2) is 0 Å². The van der Waals surface area contributed by atoms with Crippen molar-refractivity contribution in [2.24, 2.45) is 5.92 Å². The van der Waals surface area contributed by atoms with Gasteiger partial charge in [-0.1, -0.05) is 0 Å². The number of piperidine rings is 2. The van der Waals surface area contributed by atoms with Crippen LogP contribution in [0.5, 0.6) is 0 Å². The van der Waals surface area contributed by atoms with Gasteiger partial charge in [-0.25, -0.2) is 0 Å². The quantitative estimate of drug-likeness (QED) is 0.841. The van der Waals surface area contributed by atoms with Gasteiger partial charge in [0.15, 0.2) is 0 Å². The van der Waals surface area contributed by atoms with E-state index in [9.17, 15) is 0 Å². The molecule has 110 valence electrons. The molecule has 1 N–H and O–H groups in total. The minimum Gasteiger partial charge on any atom is -0.311 e. The summed E-state index contributed by atoms with van der Waals surface area (Å²) in [5.41, 5.74) is 0. The summed E-state index contributed by atoms with van der Waals surface area (Å²) in [4.78, 5) is 5.19. The third-order valence-corrected chi connectivity index (χ3v) is 5.79. The molecular weight excluding hydrogens is 234 g/mol. The number of rotatable bonds is 3. The zero-order valence-electron chi connectivity index (χ0n) is 12.8. The number of likely N-dealkylation sites (tertiary alicyclic amines) is 1. The summed E-state index contributed by atoms with van der Waals surface area (Å²) in [5, 5.41) is 3.97. The molecule has 3 aliphatic heterocycles. The third-order valence-electron chi connectivity index (χ3n) is 5.79. The molecule has 19 heavy (non-hydrogen) atoms. The van der Waals surface area contributed by atoms with Crippen molar-refractivity contribution < 1.29 is 0 Å². The Hall–Kier alpha value is -0.120. The van der Waals surface area contributed by atoms with Gasteiger partial charge in [0.2, 0.25) is 0 Å². The highest BCUT2D eigenvalue weighted by Crippen LogP contribution is 2.28. The Kier molecular flexibility index (Phi) is 4.45. The summed E-state index contributed by atoms with van der Waals surface area (Å²) >= 11 is 0. The number of nitrogens with zero attached hydrogens (tertiary/aromatic N) is 2. The average Bonchev–Trinajstić information content (AvgIpc) is 2.87. The van der Waals surface area contributed by atoms with E-state index in [1.165, 1.54) is 64.7 Å². The summed E-state index contributed by atoms with van der Waals surface area (Å²) in [6.07, 6.45) is 8.41. The smallest absolute Gasteiger partial charge is 0.0111 e. The summed E-state index contributed by atoms with van der Waals surface area (Å²) in [6, 6.07) is 2.40. The van der Waals surface area contributed by atoms with E-state index in [1.54, 1.807) is 0 Å². The van der Waals surface area contributed by atoms with Crippen molar-refractivity contribution in [2.75, 3.05) is 33.2 Å². The largest absolute Gasteiger partial charge is 0.311 e. The molecule has 3 atom stereocenters. The van der Waals surface area contributed by atoms with Gasteiger partial charge in [-0.05, 0) is 84.6 Å². The fraction of sp³-hybridized carbons (Fsp3) is 1.00. The highest BCUT2D eigenvalue weighted by atomic mass is 15.2. The predicted molar refractivity (Wildman–Crippen MR) is 80.4 cm³/mol. The number of hydrogen-bond acceptors (Lipinski definition) is 3. The minimum atomic E-state index is 0.714. The highest BCUT2D eigenvalue weighted by molar-refractivity contribution is 4.91. The second-order valence-electron chi connectivity index (χ2n) is 7.15. The first-order valence-electron chi connectivity index (χ1n) is 8.41. The van der Waals surface area contributed by atoms with Gasteiger partial charge in [-0.15, -0.1) is 0 Å². The van der Waals surface area contributed by atoms with Crippen LogP contribution in [0.1, 0.15) is 45.4 Å². The molecule has 0 spiro atoms. The van der Waals surface area contributed by atoms with Crippen molar-refractivity contribution in [3.8, 4) is 0 Å². The zero-order valence-corrected chi connectivity index (χ0v) is 12.8. The van der Waals surface area contributed by atoms with Crippen LogP contribution in [0.3, 0.4) is 0 Å². The van der Waals surface area contributed by atoms with E-state index in [2.05, 4.69) is 29.1 Å². The van der Waals surface area contributed by atoms with Crippen molar-refractivity contribution in [2.45, 2.75) is 63.6 Å². The average molecular weight is 265 g/mol. The minimum absolute atomic E-state index is 0.714. The van der Waals surface area contributed by atoms with Gasteiger partial charge in [-0.2, -0.15) is 0 Å². The zero-order chi connectivity index (χ0) is 13.2. The Balaban J connectivity index is 1.45. The van der Waals surface area contributed by atoms with Crippen LogP contribution in [0.4, 0.5) is 0 Å². The molecule has 3 fully saturated rings. The number of fused-ring (bicyclic) bond motifs is 1. The molecule has 0 aromatic carbocycles. The van der Waals surface area contributed by atoms with E-state index < -0.39 is 0 Å². The van der Waals surface area contributed by atoms with Crippen molar-refractivity contribution >= 4 is 0 Å². The van der Waals surface area contributed by atoms with Crippen LogP contribution < -0.4 is 5.32 Å². The summed E-state index contributed by atoms with van der Waals surface area (Å²) in [6.45, 7) is 7.71. The molecule has 3 unspecified atom stereocenters. The lowest BCUT2D eigenvalue weighted by Crippen LogP contribution is -2.50. The molecule has 0 aliphatic carbocycles. The van der Waals surface area contributed by atoms with Crippen LogP contribution in [-0.2, 0) is 0 Å². The lowest BCUT2D eigenvalue weighted by Gasteiger charge is -2.39. The fourth-order valence-corrected chi connectivity index (χ4v) is 4.41. The summed E-state index contributed by atoms with van der Waals surface area (Å²) in [7, 11) is 2.25. The molecule has 0 amide bonds. The van der Waals surface area contributed by atoms with E-state index in [0.29, 0.717) is 6.04 Å². The van der Waals surface area contributed by atoms with Gasteiger partial charge < -0.3 is 15.1 Å². The number of hydrogen-bond donors (Lipinski definition) is 1. The standard InChI is InChI=1S/C16H31N3/c1-13(14-5-9-18(2)10-6-14)17-15-7-11-19-8-3-4-16(19)12-15/h13-17H,3-12H2,1-2H3. The molecule has 0 aromatic rings. The Bertz CT molecular complexity index is 286. The first kappa shape index (κ1) is 13.8. The van der Waals surface area contributed by atoms with Crippen LogP contribution in [0, 0.1) is 5.92 Å². The lowest BCUT2D eigenvalue weighted by molar-refractivity contribution is 0.140. The first-order chi connectivity index (χ1) is 9.22. The first-order valence-corrected chi connectivity index (χ1v) is 8.41. The molecule has 3 heterocycles. The van der Waals surface area contributed by atoms with Gasteiger partial charge in [0.1, 0.15) is 0 Å². The van der Waals surface area contributed by atoms with Crippen molar-refractivity contribution in [3.05, 3.63) is 0 Å². The van der Waals surface area contributed by atoms with Crippen molar-refractivity contribution in [3.63, 3.8) is 0 Å². The predicted octanol–water partition coefficient (Wildman–Crippen LogP) is 1.93. The second-order valence-corrected chi connectivity index (χ2v) is 7.15. The van der Waals surface area contributed by atoms with E-state index in [1.807, 2.05) is 0 Å². The second kappa shape index (κ2) is 6.11. The van der Waals surface area contributed by atoms with Crippen LogP contribution in [-0.4, -0.2) is 61.2 Å². The third kappa shape index (κ3) is 3.32. The number of nitrogens with one attached hydrogen (secondary N) is 1. The maximum absolute atomic E-state index is 3.97. The van der Waals surface area contributed by atoms with Crippen LogP contribution in [0.25, 0.3) is 0 Å². The maximum Gasteiger partial charge on any atom is 0.0111 e. The summed E-state index contributed by atoms with van der Waals surface area (Å²) in [5.74, 6) is 0.901. The molecule has 3 saturated heterocycles. The van der Waals surface area contributed by atoms with Gasteiger partial charge in [0.05, 0.1) is 0 Å².